The number of nitro benzene ring substituents is 1. The largest absolute Gasteiger partial charge is 0.319 e. The summed E-state index contributed by atoms with van der Waals surface area (Å²) >= 11 is 9.01. The van der Waals surface area contributed by atoms with Gasteiger partial charge < -0.3 is 5.32 Å². The van der Waals surface area contributed by atoms with E-state index in [1.165, 1.54) is 22.9 Å². The Morgan fingerprint density at radius 1 is 1.57 bits per heavy atom. The van der Waals surface area contributed by atoms with E-state index in [0.29, 0.717) is 0 Å². The molecule has 0 unspecified atom stereocenters. The first-order valence-electron chi connectivity index (χ1n) is 5.80. The van der Waals surface area contributed by atoms with Crippen molar-refractivity contribution in [1.29, 1.82) is 0 Å². The highest BCUT2D eigenvalue weighted by Gasteiger charge is 2.17. The van der Waals surface area contributed by atoms with E-state index in [0.717, 1.165) is 10.2 Å². The molecule has 0 saturated carbocycles. The summed E-state index contributed by atoms with van der Waals surface area (Å²) in [6.07, 6.45) is 1.58. The summed E-state index contributed by atoms with van der Waals surface area (Å²) in [6, 6.07) is 4.05. The van der Waals surface area contributed by atoms with E-state index < -0.39 is 10.8 Å². The van der Waals surface area contributed by atoms with Crippen molar-refractivity contribution in [2.75, 3.05) is 5.32 Å². The zero-order chi connectivity index (χ0) is 15.6. The molecule has 0 spiro atoms. The summed E-state index contributed by atoms with van der Waals surface area (Å²) in [7, 11) is 0. The molecule has 9 heteroatoms. The SMILES string of the molecule is Cc1c(Br)cnn1CC(=O)Nc1ccc(Cl)cc1[N+](=O)[O-]. The molecule has 0 radical (unpaired) electrons. The predicted molar refractivity (Wildman–Crippen MR) is 81.4 cm³/mol. The van der Waals surface area contributed by atoms with Gasteiger partial charge in [0.2, 0.25) is 5.91 Å². The number of rotatable bonds is 4. The number of nitro groups is 1. The molecular weight excluding hydrogens is 364 g/mol. The highest BCUT2D eigenvalue weighted by molar-refractivity contribution is 9.10. The molecule has 0 atom stereocenters. The Labute approximate surface area is 133 Å². The van der Waals surface area contributed by atoms with E-state index in [-0.39, 0.29) is 22.9 Å². The molecule has 110 valence electrons. The number of hydrogen-bond acceptors (Lipinski definition) is 4. The Kier molecular flexibility index (Phi) is 4.59. The van der Waals surface area contributed by atoms with Crippen molar-refractivity contribution in [2.45, 2.75) is 13.5 Å². The molecule has 0 bridgehead atoms. The molecule has 1 aromatic heterocycles. The van der Waals surface area contributed by atoms with Crippen molar-refractivity contribution in [1.82, 2.24) is 9.78 Å². The van der Waals surface area contributed by atoms with E-state index in [1.54, 1.807) is 13.1 Å². The third-order valence-electron chi connectivity index (χ3n) is 2.77. The van der Waals surface area contributed by atoms with E-state index in [2.05, 4.69) is 26.3 Å². The molecule has 21 heavy (non-hydrogen) atoms. The highest BCUT2D eigenvalue weighted by atomic mass is 79.9. The van der Waals surface area contributed by atoms with Crippen LogP contribution >= 0.6 is 27.5 Å². The van der Waals surface area contributed by atoms with Crippen molar-refractivity contribution in [3.63, 3.8) is 0 Å². The molecule has 0 aliphatic rings. The smallest absolute Gasteiger partial charge is 0.294 e. The Morgan fingerprint density at radius 3 is 2.86 bits per heavy atom. The lowest BCUT2D eigenvalue weighted by molar-refractivity contribution is -0.383. The standard InChI is InChI=1S/C12H10BrClN4O3/c1-7-9(13)5-15-17(7)6-12(19)16-10-3-2-8(14)4-11(10)18(20)21/h2-5H,6H2,1H3,(H,16,19). The zero-order valence-electron chi connectivity index (χ0n) is 10.8. The van der Waals surface area contributed by atoms with E-state index in [4.69, 9.17) is 11.6 Å². The van der Waals surface area contributed by atoms with Gasteiger partial charge in [-0.15, -0.1) is 0 Å². The van der Waals surface area contributed by atoms with Crippen LogP contribution in [0.1, 0.15) is 5.69 Å². The first-order chi connectivity index (χ1) is 9.88. The predicted octanol–water partition coefficient (Wildman–Crippen LogP) is 3.15. The van der Waals surface area contributed by atoms with Crippen LogP contribution < -0.4 is 5.32 Å². The second-order valence-electron chi connectivity index (χ2n) is 4.20. The molecule has 0 aliphatic heterocycles. The van der Waals surface area contributed by atoms with Gasteiger partial charge >= 0.3 is 0 Å². The van der Waals surface area contributed by atoms with Crippen LogP contribution in [0.3, 0.4) is 0 Å². The number of benzene rings is 1. The minimum atomic E-state index is -0.600. The molecule has 2 aromatic rings. The van der Waals surface area contributed by atoms with Crippen LogP contribution in [0.5, 0.6) is 0 Å². The summed E-state index contributed by atoms with van der Waals surface area (Å²) < 4.78 is 2.27. The lowest BCUT2D eigenvalue weighted by atomic mass is 10.2. The van der Waals surface area contributed by atoms with Crippen molar-refractivity contribution in [3.05, 3.63) is 49.7 Å². The fraction of sp³-hybridized carbons (Fsp3) is 0.167. The number of nitrogens with zero attached hydrogens (tertiary/aromatic N) is 3. The number of halogens is 2. The van der Waals surface area contributed by atoms with Gasteiger partial charge in [-0.05, 0) is 35.0 Å². The Balaban J connectivity index is 2.17. The maximum Gasteiger partial charge on any atom is 0.294 e. The maximum absolute atomic E-state index is 12.0. The van der Waals surface area contributed by atoms with E-state index in [9.17, 15) is 14.9 Å². The van der Waals surface area contributed by atoms with Crippen LogP contribution in [0.2, 0.25) is 5.02 Å². The summed E-state index contributed by atoms with van der Waals surface area (Å²) in [4.78, 5) is 22.3. The topological polar surface area (TPSA) is 90.1 Å². The minimum absolute atomic E-state index is 0.0444. The van der Waals surface area contributed by atoms with Gasteiger partial charge in [-0.25, -0.2) is 0 Å². The molecule has 2 rings (SSSR count). The van der Waals surface area contributed by atoms with E-state index >= 15 is 0 Å². The first kappa shape index (κ1) is 15.5. The number of anilines is 1. The van der Waals surface area contributed by atoms with Crippen LogP contribution in [-0.2, 0) is 11.3 Å². The minimum Gasteiger partial charge on any atom is -0.319 e. The monoisotopic (exact) mass is 372 g/mol. The number of carbonyl (C=O) groups excluding carboxylic acids is 1. The molecule has 7 nitrogen and oxygen atoms in total. The lowest BCUT2D eigenvalue weighted by Crippen LogP contribution is -2.20. The second kappa shape index (κ2) is 6.23. The highest BCUT2D eigenvalue weighted by Crippen LogP contribution is 2.27. The first-order valence-corrected chi connectivity index (χ1v) is 6.97. The van der Waals surface area contributed by atoms with Crippen molar-refractivity contribution < 1.29 is 9.72 Å². The molecule has 1 N–H and O–H groups in total. The summed E-state index contributed by atoms with van der Waals surface area (Å²) in [5.41, 5.74) is 0.628. The van der Waals surface area contributed by atoms with Gasteiger partial charge in [-0.2, -0.15) is 5.10 Å². The summed E-state index contributed by atoms with van der Waals surface area (Å²) in [5.74, 6) is -0.417. The summed E-state index contributed by atoms with van der Waals surface area (Å²) in [5, 5.41) is 17.7. The fourth-order valence-corrected chi connectivity index (χ4v) is 2.13. The van der Waals surface area contributed by atoms with E-state index in [1.807, 2.05) is 0 Å². The van der Waals surface area contributed by atoms with Gasteiger partial charge in [0, 0.05) is 11.1 Å². The third-order valence-corrected chi connectivity index (χ3v) is 3.78. The molecule has 0 fully saturated rings. The van der Waals surface area contributed by atoms with Gasteiger partial charge in [0.15, 0.2) is 0 Å². The molecule has 1 amide bonds. The third kappa shape index (κ3) is 3.59. The van der Waals surface area contributed by atoms with Crippen molar-refractivity contribution in [3.8, 4) is 0 Å². The van der Waals surface area contributed by atoms with Crippen LogP contribution in [0, 0.1) is 17.0 Å². The average Bonchev–Trinajstić information content (AvgIpc) is 2.72. The quantitative estimate of drug-likeness (QED) is 0.658. The number of carbonyl (C=O) groups is 1. The normalized spacial score (nSPS) is 10.4. The molecule has 0 saturated heterocycles. The van der Waals surface area contributed by atoms with Gasteiger partial charge in [0.25, 0.3) is 5.69 Å². The zero-order valence-corrected chi connectivity index (χ0v) is 13.2. The van der Waals surface area contributed by atoms with Gasteiger partial charge in [-0.1, -0.05) is 11.6 Å². The Hall–Kier alpha value is -1.93. The summed E-state index contributed by atoms with van der Waals surface area (Å²) in [6.45, 7) is 1.76. The number of hydrogen-bond donors (Lipinski definition) is 1. The molecule has 1 aromatic carbocycles. The van der Waals surface area contributed by atoms with Gasteiger partial charge in [-0.3, -0.25) is 19.6 Å². The number of amides is 1. The Morgan fingerprint density at radius 2 is 2.29 bits per heavy atom. The number of aromatic nitrogens is 2. The average molecular weight is 374 g/mol. The van der Waals surface area contributed by atoms with Crippen LogP contribution in [-0.4, -0.2) is 20.6 Å². The molecule has 0 aliphatic carbocycles. The van der Waals surface area contributed by atoms with Crippen LogP contribution in [0.25, 0.3) is 0 Å². The molecule has 1 heterocycles. The maximum atomic E-state index is 12.0. The second-order valence-corrected chi connectivity index (χ2v) is 5.49. The van der Waals surface area contributed by atoms with Crippen LogP contribution in [0.4, 0.5) is 11.4 Å². The van der Waals surface area contributed by atoms with Crippen LogP contribution in [0.15, 0.2) is 28.9 Å². The fourth-order valence-electron chi connectivity index (χ4n) is 1.67. The molecular formula is C12H10BrClN4O3. The number of nitrogens with one attached hydrogen (secondary N) is 1. The lowest BCUT2D eigenvalue weighted by Gasteiger charge is -2.07. The van der Waals surface area contributed by atoms with Gasteiger partial charge in [0.1, 0.15) is 12.2 Å². The van der Waals surface area contributed by atoms with Gasteiger partial charge in [0.05, 0.1) is 21.3 Å². The Bertz CT molecular complexity index is 717. The van der Waals surface area contributed by atoms with Crippen molar-refractivity contribution >= 4 is 44.8 Å². The van der Waals surface area contributed by atoms with Crippen molar-refractivity contribution in [2.24, 2.45) is 0 Å².